The average molecular weight is 410 g/mol. The van der Waals surface area contributed by atoms with E-state index in [9.17, 15) is 14.7 Å². The fraction of sp³-hybridized carbons (Fsp3) is 0.440. The molecule has 0 aromatic heterocycles. The molecular formula is C25H31NO4. The molecule has 0 fully saturated rings. The molecule has 3 rings (SSSR count). The molecule has 0 saturated carbocycles. The highest BCUT2D eigenvalue weighted by atomic mass is 16.5. The fourth-order valence-corrected chi connectivity index (χ4v) is 4.04. The van der Waals surface area contributed by atoms with Gasteiger partial charge >= 0.3 is 0 Å². The third-order valence-corrected chi connectivity index (χ3v) is 5.49. The lowest BCUT2D eigenvalue weighted by Crippen LogP contribution is -2.41. The first-order valence-corrected chi connectivity index (χ1v) is 10.5. The molecule has 1 N–H and O–H groups in total. The van der Waals surface area contributed by atoms with Gasteiger partial charge in [-0.3, -0.25) is 9.59 Å². The molecule has 0 saturated heterocycles. The summed E-state index contributed by atoms with van der Waals surface area (Å²) in [6.45, 7) is 10.6. The second kappa shape index (κ2) is 8.60. The van der Waals surface area contributed by atoms with Crippen molar-refractivity contribution in [3.63, 3.8) is 0 Å². The molecule has 0 spiro atoms. The van der Waals surface area contributed by atoms with Crippen molar-refractivity contribution >= 4 is 17.4 Å². The summed E-state index contributed by atoms with van der Waals surface area (Å²) in [6, 6.07) is 11.5. The Kier molecular flexibility index (Phi) is 6.32. The summed E-state index contributed by atoms with van der Waals surface area (Å²) >= 11 is 0. The third kappa shape index (κ3) is 4.41. The van der Waals surface area contributed by atoms with Crippen molar-refractivity contribution in [2.24, 2.45) is 5.92 Å². The summed E-state index contributed by atoms with van der Waals surface area (Å²) in [5.41, 5.74) is 2.20. The minimum atomic E-state index is -1.81. The standard InChI is InChI=1S/C25H31NO4/c1-16(2)10-11-30-21-8-6-20(7-9-21)15-26-23-18(4)12-17(3)13-22(23)25(29,24(26)28)14-19(5)27/h6-9,12-13,16,29H,10-11,14-15H2,1-5H3. The molecule has 1 amide bonds. The molecule has 1 aliphatic heterocycles. The molecule has 1 atom stereocenters. The molecule has 0 radical (unpaired) electrons. The van der Waals surface area contributed by atoms with E-state index < -0.39 is 11.5 Å². The Balaban J connectivity index is 1.86. The van der Waals surface area contributed by atoms with Gasteiger partial charge in [0.05, 0.1) is 18.8 Å². The van der Waals surface area contributed by atoms with E-state index in [4.69, 9.17) is 4.74 Å². The second-order valence-electron chi connectivity index (χ2n) is 8.78. The van der Waals surface area contributed by atoms with E-state index in [1.54, 1.807) is 4.90 Å². The first-order valence-electron chi connectivity index (χ1n) is 10.5. The van der Waals surface area contributed by atoms with Crippen molar-refractivity contribution in [3.05, 3.63) is 58.7 Å². The second-order valence-corrected chi connectivity index (χ2v) is 8.78. The number of ether oxygens (including phenoxy) is 1. The van der Waals surface area contributed by atoms with Crippen LogP contribution in [0, 0.1) is 19.8 Å². The van der Waals surface area contributed by atoms with Gasteiger partial charge in [-0.05, 0) is 56.4 Å². The van der Waals surface area contributed by atoms with E-state index in [-0.39, 0.29) is 12.2 Å². The summed E-state index contributed by atoms with van der Waals surface area (Å²) in [5.74, 6) is 0.720. The van der Waals surface area contributed by atoms with Crippen LogP contribution >= 0.6 is 0 Å². The summed E-state index contributed by atoms with van der Waals surface area (Å²) < 4.78 is 5.77. The van der Waals surface area contributed by atoms with Gasteiger partial charge in [0, 0.05) is 12.0 Å². The maximum Gasteiger partial charge on any atom is 0.264 e. The van der Waals surface area contributed by atoms with Crippen LogP contribution < -0.4 is 9.64 Å². The first kappa shape index (κ1) is 22.0. The predicted molar refractivity (Wildman–Crippen MR) is 118 cm³/mol. The van der Waals surface area contributed by atoms with Gasteiger partial charge in [0.2, 0.25) is 0 Å². The number of carbonyl (C=O) groups is 2. The van der Waals surface area contributed by atoms with Crippen molar-refractivity contribution in [1.82, 2.24) is 0 Å². The Bertz CT molecular complexity index is 948. The molecule has 30 heavy (non-hydrogen) atoms. The van der Waals surface area contributed by atoms with E-state index in [1.807, 2.05) is 50.2 Å². The normalized spacial score (nSPS) is 18.1. The number of amides is 1. The molecule has 5 heteroatoms. The molecular weight excluding hydrogens is 378 g/mol. The lowest BCUT2D eigenvalue weighted by atomic mass is 9.88. The number of aryl methyl sites for hydroxylation is 2. The molecule has 0 bridgehead atoms. The summed E-state index contributed by atoms with van der Waals surface area (Å²) in [5, 5.41) is 11.2. The number of aliphatic hydroxyl groups is 1. The Hall–Kier alpha value is -2.66. The molecule has 1 unspecified atom stereocenters. The van der Waals surface area contributed by atoms with E-state index in [2.05, 4.69) is 13.8 Å². The van der Waals surface area contributed by atoms with Crippen LogP contribution in [0.2, 0.25) is 0 Å². The molecule has 5 nitrogen and oxygen atoms in total. The summed E-state index contributed by atoms with van der Waals surface area (Å²) in [7, 11) is 0. The average Bonchev–Trinajstić information content (AvgIpc) is 2.84. The van der Waals surface area contributed by atoms with Crippen LogP contribution in [0.3, 0.4) is 0 Å². The lowest BCUT2D eigenvalue weighted by molar-refractivity contribution is -0.141. The van der Waals surface area contributed by atoms with E-state index >= 15 is 0 Å². The van der Waals surface area contributed by atoms with Crippen molar-refractivity contribution in [3.8, 4) is 5.75 Å². The highest BCUT2D eigenvalue weighted by Crippen LogP contribution is 2.45. The number of fused-ring (bicyclic) bond motifs is 1. The number of nitrogens with zero attached hydrogens (tertiary/aromatic N) is 1. The lowest BCUT2D eigenvalue weighted by Gasteiger charge is -2.22. The molecule has 160 valence electrons. The first-order chi connectivity index (χ1) is 14.1. The molecule has 2 aromatic rings. The monoisotopic (exact) mass is 409 g/mol. The fourth-order valence-electron chi connectivity index (χ4n) is 4.04. The summed E-state index contributed by atoms with van der Waals surface area (Å²) in [4.78, 5) is 26.7. The van der Waals surface area contributed by atoms with Gasteiger partial charge < -0.3 is 14.7 Å². The number of carbonyl (C=O) groups excluding carboxylic acids is 2. The van der Waals surface area contributed by atoms with E-state index in [0.29, 0.717) is 30.3 Å². The van der Waals surface area contributed by atoms with Crippen LogP contribution in [-0.4, -0.2) is 23.4 Å². The van der Waals surface area contributed by atoms with Crippen LogP contribution in [0.15, 0.2) is 36.4 Å². The number of anilines is 1. The van der Waals surface area contributed by atoms with Crippen LogP contribution in [0.1, 0.15) is 55.9 Å². The van der Waals surface area contributed by atoms with Crippen molar-refractivity contribution in [2.75, 3.05) is 11.5 Å². The van der Waals surface area contributed by atoms with Gasteiger partial charge in [0.1, 0.15) is 11.5 Å². The highest BCUT2D eigenvalue weighted by molar-refractivity contribution is 6.09. The Morgan fingerprint density at radius 1 is 1.17 bits per heavy atom. The zero-order chi connectivity index (χ0) is 22.1. The van der Waals surface area contributed by atoms with Gasteiger partial charge in [-0.15, -0.1) is 0 Å². The van der Waals surface area contributed by atoms with Gasteiger partial charge in [0.25, 0.3) is 5.91 Å². The van der Waals surface area contributed by atoms with Crippen LogP contribution in [0.25, 0.3) is 0 Å². The Morgan fingerprint density at radius 2 is 1.83 bits per heavy atom. The number of ketones is 1. The van der Waals surface area contributed by atoms with E-state index in [1.165, 1.54) is 6.92 Å². The SMILES string of the molecule is CC(=O)CC1(O)C(=O)N(Cc2ccc(OCCC(C)C)cc2)c2c(C)cc(C)cc21. The number of Topliss-reactive ketones (excluding diaryl/α,β-unsaturated/α-hetero) is 1. The highest BCUT2D eigenvalue weighted by Gasteiger charge is 2.51. The maximum atomic E-state index is 13.3. The van der Waals surface area contributed by atoms with Crippen LogP contribution in [0.4, 0.5) is 5.69 Å². The zero-order valence-electron chi connectivity index (χ0n) is 18.5. The number of hydrogen-bond donors (Lipinski definition) is 1. The van der Waals surface area contributed by atoms with Crippen molar-refractivity contribution in [1.29, 1.82) is 0 Å². The van der Waals surface area contributed by atoms with Crippen molar-refractivity contribution in [2.45, 2.75) is 59.6 Å². The smallest absolute Gasteiger partial charge is 0.264 e. The number of benzene rings is 2. The third-order valence-electron chi connectivity index (χ3n) is 5.49. The van der Waals surface area contributed by atoms with Gasteiger partial charge in [-0.1, -0.05) is 43.7 Å². The largest absolute Gasteiger partial charge is 0.494 e. The molecule has 0 aliphatic carbocycles. The number of hydrogen-bond acceptors (Lipinski definition) is 4. The van der Waals surface area contributed by atoms with Crippen LogP contribution in [-0.2, 0) is 21.7 Å². The van der Waals surface area contributed by atoms with E-state index in [0.717, 1.165) is 28.9 Å². The summed E-state index contributed by atoms with van der Waals surface area (Å²) in [6.07, 6.45) is 0.773. The van der Waals surface area contributed by atoms with Gasteiger partial charge in [0.15, 0.2) is 5.60 Å². The minimum Gasteiger partial charge on any atom is -0.494 e. The molecule has 1 heterocycles. The van der Waals surface area contributed by atoms with Crippen molar-refractivity contribution < 1.29 is 19.4 Å². The molecule has 2 aromatic carbocycles. The zero-order valence-corrected chi connectivity index (χ0v) is 18.5. The van der Waals surface area contributed by atoms with Gasteiger partial charge in [-0.2, -0.15) is 0 Å². The molecule has 1 aliphatic rings. The quantitative estimate of drug-likeness (QED) is 0.700. The van der Waals surface area contributed by atoms with Gasteiger partial charge in [-0.25, -0.2) is 0 Å². The Labute approximate surface area is 178 Å². The number of rotatable bonds is 8. The minimum absolute atomic E-state index is 0.221. The topological polar surface area (TPSA) is 66.8 Å². The predicted octanol–water partition coefficient (Wildman–Crippen LogP) is 4.44. The van der Waals surface area contributed by atoms with Crippen LogP contribution in [0.5, 0.6) is 5.75 Å². The Morgan fingerprint density at radius 3 is 2.43 bits per heavy atom. The maximum absolute atomic E-state index is 13.3.